The molecule has 0 bridgehead atoms. The molecule has 0 saturated heterocycles. The summed E-state index contributed by atoms with van der Waals surface area (Å²) in [4.78, 5) is 4.57. The van der Waals surface area contributed by atoms with E-state index in [0.29, 0.717) is 4.91 Å². The molecule has 0 atom stereocenters. The highest BCUT2D eigenvalue weighted by Gasteiger charge is 1.90. The summed E-state index contributed by atoms with van der Waals surface area (Å²) < 4.78 is 0. The monoisotopic (exact) mass is 136 g/mol. The lowest BCUT2D eigenvalue weighted by atomic mass is 10.3. The van der Waals surface area contributed by atoms with Gasteiger partial charge in [-0.3, -0.25) is 4.98 Å². The average molecular weight is 136 g/mol. The van der Waals surface area contributed by atoms with Gasteiger partial charge in [-0.1, -0.05) is 25.3 Å². The van der Waals surface area contributed by atoms with E-state index in [1.165, 1.54) is 0 Å². The van der Waals surface area contributed by atoms with Gasteiger partial charge < -0.3 is 0 Å². The third kappa shape index (κ3) is 1.50. The SMILES string of the molecule is C=C([S])c1ccccn1. The van der Waals surface area contributed by atoms with Crippen molar-refractivity contribution >= 4 is 17.5 Å². The van der Waals surface area contributed by atoms with Crippen molar-refractivity contribution in [2.24, 2.45) is 0 Å². The Labute approximate surface area is 59.8 Å². The van der Waals surface area contributed by atoms with E-state index in [9.17, 15) is 0 Å². The van der Waals surface area contributed by atoms with Crippen LogP contribution in [0.3, 0.4) is 0 Å². The minimum Gasteiger partial charge on any atom is -0.255 e. The summed E-state index contributed by atoms with van der Waals surface area (Å²) >= 11 is 4.79. The second-order valence-electron chi connectivity index (χ2n) is 1.64. The molecule has 0 aliphatic carbocycles. The Balaban J connectivity index is 2.98. The van der Waals surface area contributed by atoms with Gasteiger partial charge >= 0.3 is 0 Å². The second-order valence-corrected chi connectivity index (χ2v) is 2.13. The zero-order valence-electron chi connectivity index (χ0n) is 4.87. The van der Waals surface area contributed by atoms with Crippen LogP contribution in [-0.2, 0) is 0 Å². The molecule has 0 amide bonds. The van der Waals surface area contributed by atoms with Gasteiger partial charge in [0.2, 0.25) is 0 Å². The van der Waals surface area contributed by atoms with E-state index in [2.05, 4.69) is 11.6 Å². The van der Waals surface area contributed by atoms with E-state index < -0.39 is 0 Å². The minimum atomic E-state index is 0.593. The normalized spacial score (nSPS) is 8.89. The molecule has 0 aromatic carbocycles. The van der Waals surface area contributed by atoms with Gasteiger partial charge in [-0.2, -0.15) is 0 Å². The van der Waals surface area contributed by atoms with Gasteiger partial charge in [0.15, 0.2) is 0 Å². The molecule has 1 aromatic rings. The Morgan fingerprint density at radius 3 is 2.67 bits per heavy atom. The zero-order chi connectivity index (χ0) is 6.69. The molecule has 1 radical (unpaired) electrons. The first-order valence-electron chi connectivity index (χ1n) is 2.58. The van der Waals surface area contributed by atoms with Crippen LogP contribution in [0.5, 0.6) is 0 Å². The molecular weight excluding hydrogens is 130 g/mol. The van der Waals surface area contributed by atoms with Gasteiger partial charge in [0.25, 0.3) is 0 Å². The highest BCUT2D eigenvalue weighted by atomic mass is 32.1. The molecule has 0 unspecified atom stereocenters. The number of pyridine rings is 1. The van der Waals surface area contributed by atoms with Gasteiger partial charge in [0.1, 0.15) is 0 Å². The lowest BCUT2D eigenvalue weighted by Gasteiger charge is -1.91. The summed E-state index contributed by atoms with van der Waals surface area (Å²) in [6, 6.07) is 5.58. The zero-order valence-corrected chi connectivity index (χ0v) is 5.69. The fourth-order valence-corrected chi connectivity index (χ4v) is 0.648. The Kier molecular flexibility index (Phi) is 1.80. The lowest BCUT2D eigenvalue weighted by Crippen LogP contribution is -1.78. The fourth-order valence-electron chi connectivity index (χ4n) is 0.528. The van der Waals surface area contributed by atoms with Crippen LogP contribution in [0.15, 0.2) is 31.0 Å². The summed E-state index contributed by atoms with van der Waals surface area (Å²) in [7, 11) is 0. The molecule has 2 heteroatoms. The Hall–Kier alpha value is -0.890. The van der Waals surface area contributed by atoms with E-state index >= 15 is 0 Å². The van der Waals surface area contributed by atoms with Crippen LogP contribution in [0, 0.1) is 0 Å². The van der Waals surface area contributed by atoms with Crippen molar-refractivity contribution in [3.8, 4) is 0 Å². The Morgan fingerprint density at radius 1 is 1.56 bits per heavy atom. The van der Waals surface area contributed by atoms with Gasteiger partial charge in [0.05, 0.1) is 10.6 Å². The molecule has 0 saturated carbocycles. The maximum Gasteiger partial charge on any atom is 0.0804 e. The summed E-state index contributed by atoms with van der Waals surface area (Å²) in [6.07, 6.45) is 1.70. The fraction of sp³-hybridized carbons (Fsp3) is 0. The van der Waals surface area contributed by atoms with Crippen molar-refractivity contribution < 1.29 is 0 Å². The quantitative estimate of drug-likeness (QED) is 0.577. The summed E-state index contributed by atoms with van der Waals surface area (Å²) in [5.74, 6) is 0. The number of hydrogen-bond acceptors (Lipinski definition) is 1. The third-order valence-electron chi connectivity index (χ3n) is 0.951. The van der Waals surface area contributed by atoms with Crippen LogP contribution in [0.25, 0.3) is 4.91 Å². The van der Waals surface area contributed by atoms with Gasteiger partial charge in [0, 0.05) is 6.20 Å². The van der Waals surface area contributed by atoms with Crippen molar-refractivity contribution in [1.29, 1.82) is 0 Å². The molecule has 45 valence electrons. The Bertz CT molecular complexity index is 205. The Morgan fingerprint density at radius 2 is 2.33 bits per heavy atom. The van der Waals surface area contributed by atoms with Crippen molar-refractivity contribution in [2.75, 3.05) is 0 Å². The molecule has 0 fully saturated rings. The van der Waals surface area contributed by atoms with E-state index in [4.69, 9.17) is 12.6 Å². The molecular formula is C7H6NS. The maximum absolute atomic E-state index is 4.79. The molecule has 0 spiro atoms. The van der Waals surface area contributed by atoms with Crippen LogP contribution in [0.2, 0.25) is 0 Å². The first-order valence-corrected chi connectivity index (χ1v) is 2.99. The highest BCUT2D eigenvalue weighted by Crippen LogP contribution is 2.10. The molecule has 9 heavy (non-hydrogen) atoms. The molecule has 1 nitrogen and oxygen atoms in total. The van der Waals surface area contributed by atoms with E-state index in [-0.39, 0.29) is 0 Å². The van der Waals surface area contributed by atoms with Crippen LogP contribution in [-0.4, -0.2) is 4.98 Å². The number of nitrogens with zero attached hydrogens (tertiary/aromatic N) is 1. The largest absolute Gasteiger partial charge is 0.255 e. The lowest BCUT2D eigenvalue weighted by molar-refractivity contribution is 1.29. The molecule has 1 heterocycles. The van der Waals surface area contributed by atoms with Crippen molar-refractivity contribution in [1.82, 2.24) is 4.98 Å². The second kappa shape index (κ2) is 2.60. The number of rotatable bonds is 1. The topological polar surface area (TPSA) is 12.9 Å². The predicted molar refractivity (Wildman–Crippen MR) is 40.9 cm³/mol. The first-order chi connectivity index (χ1) is 4.30. The van der Waals surface area contributed by atoms with Crippen LogP contribution in [0.4, 0.5) is 0 Å². The van der Waals surface area contributed by atoms with E-state index in [0.717, 1.165) is 5.69 Å². The summed E-state index contributed by atoms with van der Waals surface area (Å²) in [5.41, 5.74) is 0.785. The number of aromatic nitrogens is 1. The van der Waals surface area contributed by atoms with Crippen LogP contribution in [0.1, 0.15) is 5.69 Å². The summed E-state index contributed by atoms with van der Waals surface area (Å²) in [6.45, 7) is 3.58. The van der Waals surface area contributed by atoms with Gasteiger partial charge in [-0.15, -0.1) is 0 Å². The standard InChI is InChI=1S/C7H6NS/c1-6(9)7-4-2-3-5-8-7/h2-5H,1H2. The maximum atomic E-state index is 4.79. The molecule has 0 aliphatic heterocycles. The molecule has 1 rings (SSSR count). The van der Waals surface area contributed by atoms with Gasteiger partial charge in [-0.25, -0.2) is 0 Å². The average Bonchev–Trinajstić information content (AvgIpc) is 1.90. The smallest absolute Gasteiger partial charge is 0.0804 e. The molecule has 0 N–H and O–H groups in total. The van der Waals surface area contributed by atoms with Crippen molar-refractivity contribution in [2.45, 2.75) is 0 Å². The highest BCUT2D eigenvalue weighted by molar-refractivity contribution is 7.90. The van der Waals surface area contributed by atoms with E-state index in [1.54, 1.807) is 6.20 Å². The summed E-state index contributed by atoms with van der Waals surface area (Å²) in [5, 5.41) is 0. The first kappa shape index (κ1) is 6.23. The van der Waals surface area contributed by atoms with E-state index in [1.807, 2.05) is 18.2 Å². The van der Waals surface area contributed by atoms with Crippen molar-refractivity contribution in [3.05, 3.63) is 36.7 Å². The molecule has 1 aromatic heterocycles. The number of hydrogen-bond donors (Lipinski definition) is 0. The van der Waals surface area contributed by atoms with Crippen LogP contribution >= 0.6 is 12.6 Å². The minimum absolute atomic E-state index is 0.593. The van der Waals surface area contributed by atoms with Crippen LogP contribution < -0.4 is 0 Å². The molecule has 0 aliphatic rings. The van der Waals surface area contributed by atoms with Gasteiger partial charge in [-0.05, 0) is 12.1 Å². The third-order valence-corrected chi connectivity index (χ3v) is 1.16. The predicted octanol–water partition coefficient (Wildman–Crippen LogP) is 2.25. The van der Waals surface area contributed by atoms with Crippen molar-refractivity contribution in [3.63, 3.8) is 0 Å².